The van der Waals surface area contributed by atoms with Gasteiger partial charge >= 0.3 is 0 Å². The second-order valence-corrected chi connectivity index (χ2v) is 5.94. The Hall–Kier alpha value is -1.62. The third kappa shape index (κ3) is 2.93. The van der Waals surface area contributed by atoms with Gasteiger partial charge in [-0.3, -0.25) is 0 Å². The minimum atomic E-state index is -0.607. The van der Waals surface area contributed by atoms with E-state index in [0.29, 0.717) is 12.5 Å². The standard InChI is InChI=1S/C15H22N4O/c1-12-6-7-13-17-14(18-19(13)10-12)16-11-15(20)8-4-2-3-5-9-15/h6-7,10,20H,2-5,8-9,11H2,1H3,(H,16,18). The summed E-state index contributed by atoms with van der Waals surface area (Å²) in [6.45, 7) is 2.56. The summed E-state index contributed by atoms with van der Waals surface area (Å²) in [4.78, 5) is 4.42. The largest absolute Gasteiger partial charge is 0.388 e. The van der Waals surface area contributed by atoms with Crippen molar-refractivity contribution in [3.05, 3.63) is 23.9 Å². The summed E-state index contributed by atoms with van der Waals surface area (Å²) in [6, 6.07) is 3.97. The molecule has 5 nitrogen and oxygen atoms in total. The Bertz CT molecular complexity index is 585. The monoisotopic (exact) mass is 274 g/mol. The van der Waals surface area contributed by atoms with Gasteiger partial charge in [0.15, 0.2) is 5.65 Å². The molecule has 1 fully saturated rings. The lowest BCUT2D eigenvalue weighted by Crippen LogP contribution is -2.36. The Morgan fingerprint density at radius 2 is 2.00 bits per heavy atom. The van der Waals surface area contributed by atoms with Crippen molar-refractivity contribution >= 4 is 11.6 Å². The predicted octanol–water partition coefficient (Wildman–Crippen LogP) is 2.53. The van der Waals surface area contributed by atoms with Gasteiger partial charge in [-0.1, -0.05) is 31.7 Å². The highest BCUT2D eigenvalue weighted by Gasteiger charge is 2.28. The summed E-state index contributed by atoms with van der Waals surface area (Å²) < 4.78 is 1.77. The van der Waals surface area contributed by atoms with E-state index in [1.54, 1.807) is 4.52 Å². The molecule has 0 bridgehead atoms. The average Bonchev–Trinajstić information content (AvgIpc) is 2.70. The lowest BCUT2D eigenvalue weighted by atomic mass is 9.95. The summed E-state index contributed by atoms with van der Waals surface area (Å²) in [5.41, 5.74) is 1.37. The van der Waals surface area contributed by atoms with Crippen LogP contribution in [0.1, 0.15) is 44.1 Å². The summed E-state index contributed by atoms with van der Waals surface area (Å²) in [6.07, 6.45) is 8.36. The van der Waals surface area contributed by atoms with Crippen molar-refractivity contribution in [2.75, 3.05) is 11.9 Å². The lowest BCUT2D eigenvalue weighted by molar-refractivity contribution is 0.0380. The van der Waals surface area contributed by atoms with Crippen molar-refractivity contribution in [2.45, 2.75) is 51.0 Å². The molecule has 0 atom stereocenters. The average molecular weight is 274 g/mol. The fourth-order valence-electron chi connectivity index (χ4n) is 2.87. The summed E-state index contributed by atoms with van der Waals surface area (Å²) in [5, 5.41) is 18.2. The van der Waals surface area contributed by atoms with Crippen molar-refractivity contribution < 1.29 is 5.11 Å². The van der Waals surface area contributed by atoms with Gasteiger partial charge in [0.25, 0.3) is 0 Å². The van der Waals surface area contributed by atoms with E-state index >= 15 is 0 Å². The number of pyridine rings is 1. The number of anilines is 1. The molecule has 0 saturated heterocycles. The van der Waals surface area contributed by atoms with Gasteiger partial charge in [-0.25, -0.2) is 4.52 Å². The molecule has 2 heterocycles. The molecule has 0 spiro atoms. The van der Waals surface area contributed by atoms with E-state index < -0.39 is 5.60 Å². The Morgan fingerprint density at radius 1 is 1.25 bits per heavy atom. The van der Waals surface area contributed by atoms with E-state index in [1.165, 1.54) is 12.8 Å². The minimum absolute atomic E-state index is 0.531. The molecule has 2 aromatic rings. The van der Waals surface area contributed by atoms with Crippen LogP contribution in [0, 0.1) is 6.92 Å². The highest BCUT2D eigenvalue weighted by molar-refractivity contribution is 5.44. The zero-order valence-electron chi connectivity index (χ0n) is 12.0. The van der Waals surface area contributed by atoms with Crippen molar-refractivity contribution in [3.8, 4) is 0 Å². The number of fused-ring (bicyclic) bond motifs is 1. The van der Waals surface area contributed by atoms with E-state index in [-0.39, 0.29) is 0 Å². The van der Waals surface area contributed by atoms with Crippen LogP contribution in [-0.2, 0) is 0 Å². The summed E-state index contributed by atoms with van der Waals surface area (Å²) in [7, 11) is 0. The van der Waals surface area contributed by atoms with E-state index in [1.807, 2.05) is 25.3 Å². The van der Waals surface area contributed by atoms with Gasteiger partial charge < -0.3 is 10.4 Å². The second kappa shape index (κ2) is 5.40. The van der Waals surface area contributed by atoms with Gasteiger partial charge in [0.2, 0.25) is 5.95 Å². The molecule has 1 aliphatic rings. The van der Waals surface area contributed by atoms with Gasteiger partial charge in [0, 0.05) is 12.7 Å². The number of rotatable bonds is 3. The third-order valence-corrected chi connectivity index (χ3v) is 4.09. The van der Waals surface area contributed by atoms with E-state index in [2.05, 4.69) is 15.4 Å². The number of aromatic nitrogens is 3. The molecule has 0 radical (unpaired) electrons. The van der Waals surface area contributed by atoms with Crippen LogP contribution in [0.25, 0.3) is 5.65 Å². The molecule has 0 amide bonds. The SMILES string of the molecule is Cc1ccc2nc(NCC3(O)CCCCCC3)nn2c1. The van der Waals surface area contributed by atoms with Crippen LogP contribution in [0.5, 0.6) is 0 Å². The van der Waals surface area contributed by atoms with Crippen molar-refractivity contribution in [3.63, 3.8) is 0 Å². The van der Waals surface area contributed by atoms with Gasteiger partial charge in [-0.15, -0.1) is 5.10 Å². The maximum absolute atomic E-state index is 10.6. The smallest absolute Gasteiger partial charge is 0.243 e. The summed E-state index contributed by atoms with van der Waals surface area (Å²) >= 11 is 0. The number of hydrogen-bond acceptors (Lipinski definition) is 4. The number of aryl methyl sites for hydroxylation is 1. The molecule has 0 aromatic carbocycles. The number of aliphatic hydroxyl groups is 1. The van der Waals surface area contributed by atoms with Crippen LogP contribution in [0.3, 0.4) is 0 Å². The quantitative estimate of drug-likeness (QED) is 0.844. The number of nitrogens with zero attached hydrogens (tertiary/aromatic N) is 3. The molecule has 0 unspecified atom stereocenters. The molecule has 108 valence electrons. The molecular weight excluding hydrogens is 252 g/mol. The van der Waals surface area contributed by atoms with Crippen LogP contribution in [0.2, 0.25) is 0 Å². The van der Waals surface area contributed by atoms with Crippen LogP contribution < -0.4 is 5.32 Å². The van der Waals surface area contributed by atoms with Crippen LogP contribution in [-0.4, -0.2) is 31.9 Å². The predicted molar refractivity (Wildman–Crippen MR) is 78.9 cm³/mol. The molecule has 1 saturated carbocycles. The highest BCUT2D eigenvalue weighted by Crippen LogP contribution is 2.27. The molecular formula is C15H22N4O. The zero-order chi connectivity index (χ0) is 14.0. The molecule has 0 aliphatic heterocycles. The maximum atomic E-state index is 10.6. The Kier molecular flexibility index (Phi) is 3.61. The second-order valence-electron chi connectivity index (χ2n) is 5.94. The Morgan fingerprint density at radius 3 is 2.75 bits per heavy atom. The molecule has 20 heavy (non-hydrogen) atoms. The number of nitrogens with one attached hydrogen (secondary N) is 1. The molecule has 2 aromatic heterocycles. The van der Waals surface area contributed by atoms with Gasteiger partial charge in [-0.2, -0.15) is 4.98 Å². The van der Waals surface area contributed by atoms with Crippen LogP contribution in [0.4, 0.5) is 5.95 Å². The van der Waals surface area contributed by atoms with Crippen molar-refractivity contribution in [1.82, 2.24) is 14.6 Å². The topological polar surface area (TPSA) is 62.5 Å². The first-order valence-corrected chi connectivity index (χ1v) is 7.44. The normalized spacial score (nSPS) is 18.9. The summed E-state index contributed by atoms with van der Waals surface area (Å²) in [5.74, 6) is 0.591. The Labute approximate surface area is 119 Å². The molecule has 5 heteroatoms. The molecule has 3 rings (SSSR count). The fraction of sp³-hybridized carbons (Fsp3) is 0.600. The van der Waals surface area contributed by atoms with Gasteiger partial charge in [-0.05, 0) is 31.4 Å². The molecule has 2 N–H and O–H groups in total. The van der Waals surface area contributed by atoms with E-state index in [4.69, 9.17) is 0 Å². The van der Waals surface area contributed by atoms with Crippen molar-refractivity contribution in [2.24, 2.45) is 0 Å². The Balaban J connectivity index is 1.69. The first-order chi connectivity index (χ1) is 9.65. The first-order valence-electron chi connectivity index (χ1n) is 7.44. The minimum Gasteiger partial charge on any atom is -0.388 e. The van der Waals surface area contributed by atoms with Crippen LogP contribution in [0.15, 0.2) is 18.3 Å². The van der Waals surface area contributed by atoms with Crippen molar-refractivity contribution in [1.29, 1.82) is 0 Å². The molecule has 1 aliphatic carbocycles. The fourth-order valence-corrected chi connectivity index (χ4v) is 2.87. The van der Waals surface area contributed by atoms with Gasteiger partial charge in [0.1, 0.15) is 0 Å². The number of hydrogen-bond donors (Lipinski definition) is 2. The van der Waals surface area contributed by atoms with E-state index in [0.717, 1.165) is 36.9 Å². The third-order valence-electron chi connectivity index (χ3n) is 4.09. The zero-order valence-corrected chi connectivity index (χ0v) is 12.0. The maximum Gasteiger partial charge on any atom is 0.243 e. The first kappa shape index (κ1) is 13.4. The van der Waals surface area contributed by atoms with Crippen LogP contribution >= 0.6 is 0 Å². The highest BCUT2D eigenvalue weighted by atomic mass is 16.3. The van der Waals surface area contributed by atoms with E-state index in [9.17, 15) is 5.11 Å². The van der Waals surface area contributed by atoms with Gasteiger partial charge in [0.05, 0.1) is 5.60 Å². The lowest BCUT2D eigenvalue weighted by Gasteiger charge is -2.26.